The monoisotopic (exact) mass is 416 g/mol. The summed E-state index contributed by atoms with van der Waals surface area (Å²) in [5, 5.41) is -0.115. The highest BCUT2D eigenvalue weighted by atomic mass is 35.5. The molecule has 0 nitrogen and oxygen atoms in total. The van der Waals surface area contributed by atoms with Crippen LogP contribution in [0.2, 0.25) is 0 Å². The third kappa shape index (κ3) is 2.58. The van der Waals surface area contributed by atoms with E-state index in [0.29, 0.717) is 5.03 Å². The first-order valence-electron chi connectivity index (χ1n) is 4.86. The van der Waals surface area contributed by atoms with Crippen LogP contribution in [-0.4, -0.2) is 14.6 Å². The van der Waals surface area contributed by atoms with E-state index in [1.165, 1.54) is 0 Å². The average molecular weight is 420 g/mol. The first kappa shape index (κ1) is 16.6. The number of hydrogen-bond donors (Lipinski definition) is 0. The second-order valence-corrected chi connectivity index (χ2v) is 7.94. The molecule has 0 fully saturated rings. The zero-order valence-electron chi connectivity index (χ0n) is 8.83. The van der Waals surface area contributed by atoms with Crippen LogP contribution in [0.15, 0.2) is 43.9 Å². The molecule has 2 aliphatic carbocycles. The lowest BCUT2D eigenvalue weighted by Gasteiger charge is -2.35. The lowest BCUT2D eigenvalue weighted by molar-refractivity contribution is 0.782. The molecule has 0 aromatic rings. The molecule has 0 spiro atoms. The molecule has 2 aliphatic rings. The van der Waals surface area contributed by atoms with Crippen molar-refractivity contribution < 1.29 is 0 Å². The number of rotatable bonds is 1. The first-order chi connectivity index (χ1) is 8.62. The Balaban J connectivity index is 2.59. The molecule has 0 aliphatic heterocycles. The van der Waals surface area contributed by atoms with Crippen molar-refractivity contribution in [1.29, 1.82) is 0 Å². The maximum Gasteiger partial charge on any atom is 0.179 e. The van der Waals surface area contributed by atoms with E-state index in [0.717, 1.165) is 0 Å². The maximum absolute atomic E-state index is 6.53. The summed E-state index contributed by atoms with van der Waals surface area (Å²) in [6.07, 6.45) is 4.69. The second-order valence-electron chi connectivity index (χ2n) is 3.95. The third-order valence-electron chi connectivity index (χ3n) is 2.77. The van der Waals surface area contributed by atoms with Crippen LogP contribution in [-0.2, 0) is 0 Å². The summed E-state index contributed by atoms with van der Waals surface area (Å²) in [6, 6.07) is 0. The fraction of sp³-hybridized carbons (Fsp3) is 0.273. The van der Waals surface area contributed by atoms with E-state index in [1.807, 2.05) is 0 Å². The van der Waals surface area contributed by atoms with Crippen molar-refractivity contribution in [1.82, 2.24) is 0 Å². The molecule has 0 aromatic carbocycles. The molecular formula is C11H4Cl8. The molecule has 2 rings (SSSR count). The van der Waals surface area contributed by atoms with E-state index in [9.17, 15) is 0 Å². The molecule has 0 aromatic heterocycles. The maximum atomic E-state index is 6.53. The topological polar surface area (TPSA) is 0 Å². The smallest absolute Gasteiger partial charge is 0.116 e. The minimum absolute atomic E-state index is 0.00422. The van der Waals surface area contributed by atoms with Crippen LogP contribution >= 0.6 is 92.8 Å². The fourth-order valence-electron chi connectivity index (χ4n) is 1.83. The van der Waals surface area contributed by atoms with E-state index >= 15 is 0 Å². The van der Waals surface area contributed by atoms with Gasteiger partial charge in [-0.2, -0.15) is 0 Å². The zero-order chi connectivity index (χ0) is 14.6. The molecule has 0 heterocycles. The van der Waals surface area contributed by atoms with Crippen LogP contribution in [0.4, 0.5) is 0 Å². The summed E-state index contributed by atoms with van der Waals surface area (Å²) < 4.78 is -1.63. The molecule has 19 heavy (non-hydrogen) atoms. The third-order valence-corrected chi connectivity index (χ3v) is 6.52. The molecule has 0 radical (unpaired) electrons. The first-order valence-corrected chi connectivity index (χ1v) is 7.94. The molecule has 2 atom stereocenters. The highest BCUT2D eigenvalue weighted by Crippen LogP contribution is 2.59. The molecule has 0 N–H and O–H groups in total. The Morgan fingerprint density at radius 2 is 1.53 bits per heavy atom. The highest BCUT2D eigenvalue weighted by molar-refractivity contribution is 6.64. The van der Waals surface area contributed by atoms with E-state index in [4.69, 9.17) is 92.8 Å². The number of halogens is 8. The van der Waals surface area contributed by atoms with Crippen molar-refractivity contribution in [2.24, 2.45) is 0 Å². The van der Waals surface area contributed by atoms with Gasteiger partial charge in [0.2, 0.25) is 0 Å². The molecule has 0 bridgehead atoms. The Morgan fingerprint density at radius 3 is 1.95 bits per heavy atom. The summed E-state index contributed by atoms with van der Waals surface area (Å²) in [7, 11) is 0. The average Bonchev–Trinajstić information content (AvgIpc) is 2.46. The van der Waals surface area contributed by atoms with Gasteiger partial charge in [0, 0.05) is 10.6 Å². The zero-order valence-corrected chi connectivity index (χ0v) is 14.9. The normalized spacial score (nSPS) is 34.1. The second kappa shape index (κ2) is 5.48. The predicted molar refractivity (Wildman–Crippen MR) is 87.3 cm³/mol. The fourth-order valence-corrected chi connectivity index (χ4v) is 4.66. The van der Waals surface area contributed by atoms with Crippen LogP contribution in [0.3, 0.4) is 0 Å². The van der Waals surface area contributed by atoms with Crippen LogP contribution < -0.4 is 0 Å². The van der Waals surface area contributed by atoms with Crippen LogP contribution in [0.25, 0.3) is 0 Å². The van der Waals surface area contributed by atoms with Gasteiger partial charge in [0.1, 0.15) is 4.87 Å². The van der Waals surface area contributed by atoms with Crippen LogP contribution in [0, 0.1) is 0 Å². The van der Waals surface area contributed by atoms with E-state index in [-0.39, 0.29) is 20.7 Å². The van der Waals surface area contributed by atoms with Gasteiger partial charge in [0.15, 0.2) is 4.33 Å². The van der Waals surface area contributed by atoms with Crippen molar-refractivity contribution in [3.8, 4) is 0 Å². The molecule has 104 valence electrons. The predicted octanol–water partition coefficient (Wildman–Crippen LogP) is 6.63. The van der Waals surface area contributed by atoms with Crippen molar-refractivity contribution in [2.45, 2.75) is 14.6 Å². The van der Waals surface area contributed by atoms with Crippen molar-refractivity contribution in [3.05, 3.63) is 43.9 Å². The Bertz CT molecular complexity index is 553. The summed E-state index contributed by atoms with van der Waals surface area (Å²) in [5.74, 6) is 0. The number of hydrogen-bond acceptors (Lipinski definition) is 0. The molecule has 0 saturated carbocycles. The van der Waals surface area contributed by atoms with Gasteiger partial charge in [0.25, 0.3) is 0 Å². The minimum Gasteiger partial charge on any atom is -0.116 e. The Kier molecular flexibility index (Phi) is 4.80. The Labute approximate surface area is 150 Å². The minimum atomic E-state index is -1.63. The lowest BCUT2D eigenvalue weighted by atomic mass is 9.89. The highest BCUT2D eigenvalue weighted by Gasteiger charge is 2.54. The lowest BCUT2D eigenvalue weighted by Crippen LogP contribution is -2.40. The van der Waals surface area contributed by atoms with Gasteiger partial charge >= 0.3 is 0 Å². The molecular weight excluding hydrogens is 416 g/mol. The van der Waals surface area contributed by atoms with Gasteiger partial charge in [-0.15, -0.1) is 23.2 Å². The summed E-state index contributed by atoms with van der Waals surface area (Å²) in [4.78, 5) is -1.27. The van der Waals surface area contributed by atoms with E-state index in [2.05, 4.69) is 0 Å². The standard InChI is InChI=1S/C11H4Cl8/c12-4-1-2-10(17,5(13)3-4)8-6(14)7(15)9(16)11(8,18)19/h1-3,5H. The van der Waals surface area contributed by atoms with Crippen molar-refractivity contribution in [3.63, 3.8) is 0 Å². The summed E-state index contributed by atoms with van der Waals surface area (Å²) in [6.45, 7) is 0. The van der Waals surface area contributed by atoms with E-state index in [1.54, 1.807) is 18.2 Å². The van der Waals surface area contributed by atoms with Crippen LogP contribution in [0.1, 0.15) is 0 Å². The van der Waals surface area contributed by atoms with Gasteiger partial charge in [-0.25, -0.2) is 0 Å². The number of alkyl halides is 4. The Hall–Kier alpha value is 1.28. The SMILES string of the molecule is ClC1=CC(Cl)C(Cl)(C2=C(Cl)C(Cl)=C(Cl)C2(Cl)Cl)C=C1. The van der Waals surface area contributed by atoms with Gasteiger partial charge in [0.05, 0.1) is 20.5 Å². The number of allylic oxidation sites excluding steroid dienone is 8. The quantitative estimate of drug-likeness (QED) is 0.418. The molecule has 2 unspecified atom stereocenters. The van der Waals surface area contributed by atoms with Crippen LogP contribution in [0.5, 0.6) is 0 Å². The molecule has 8 heteroatoms. The van der Waals surface area contributed by atoms with Crippen molar-refractivity contribution >= 4 is 92.8 Å². The largest absolute Gasteiger partial charge is 0.179 e. The summed E-state index contributed by atoms with van der Waals surface area (Å²) in [5.41, 5.74) is 0.221. The van der Waals surface area contributed by atoms with E-state index < -0.39 is 14.6 Å². The van der Waals surface area contributed by atoms with Gasteiger partial charge in [-0.1, -0.05) is 75.7 Å². The summed E-state index contributed by atoms with van der Waals surface area (Å²) >= 11 is 49.2. The Morgan fingerprint density at radius 1 is 0.947 bits per heavy atom. The van der Waals surface area contributed by atoms with Gasteiger partial charge in [-0.05, 0) is 12.2 Å². The van der Waals surface area contributed by atoms with Crippen molar-refractivity contribution in [2.75, 3.05) is 0 Å². The molecule has 0 amide bonds. The van der Waals surface area contributed by atoms with Gasteiger partial charge < -0.3 is 0 Å². The molecule has 0 saturated heterocycles. The van der Waals surface area contributed by atoms with Gasteiger partial charge in [-0.3, -0.25) is 0 Å².